The molecular formula is C13H14BrN3O2. The van der Waals surface area contributed by atoms with Gasteiger partial charge in [0.15, 0.2) is 0 Å². The van der Waals surface area contributed by atoms with Gasteiger partial charge in [-0.2, -0.15) is 5.10 Å². The van der Waals surface area contributed by atoms with Gasteiger partial charge in [-0.1, -0.05) is 22.0 Å². The van der Waals surface area contributed by atoms with Crippen LogP contribution < -0.4 is 5.32 Å². The van der Waals surface area contributed by atoms with Gasteiger partial charge in [0.1, 0.15) is 6.73 Å². The van der Waals surface area contributed by atoms with Crippen LogP contribution in [0.4, 0.5) is 5.69 Å². The Morgan fingerprint density at radius 1 is 1.53 bits per heavy atom. The van der Waals surface area contributed by atoms with Crippen molar-refractivity contribution in [1.82, 2.24) is 9.78 Å². The van der Waals surface area contributed by atoms with Gasteiger partial charge in [0, 0.05) is 16.6 Å². The zero-order valence-electron chi connectivity index (χ0n) is 10.5. The molecule has 0 aliphatic carbocycles. The molecule has 2 aromatic rings. The molecule has 100 valence electrons. The van der Waals surface area contributed by atoms with Gasteiger partial charge in [0.05, 0.1) is 18.1 Å². The highest BCUT2D eigenvalue weighted by molar-refractivity contribution is 9.10. The van der Waals surface area contributed by atoms with Crippen molar-refractivity contribution in [1.29, 1.82) is 0 Å². The molecule has 0 atom stereocenters. The minimum Gasteiger partial charge on any atom is -0.360 e. The number of hydrogen-bond acceptors (Lipinski definition) is 3. The van der Waals surface area contributed by atoms with E-state index >= 15 is 0 Å². The van der Waals surface area contributed by atoms with Gasteiger partial charge >= 0.3 is 0 Å². The van der Waals surface area contributed by atoms with Crippen molar-refractivity contribution in [2.24, 2.45) is 0 Å². The fourth-order valence-electron chi connectivity index (χ4n) is 1.52. The normalized spacial score (nSPS) is 10.4. The summed E-state index contributed by atoms with van der Waals surface area (Å²) in [6, 6.07) is 7.21. The summed E-state index contributed by atoms with van der Waals surface area (Å²) in [6.45, 7) is 2.92. The van der Waals surface area contributed by atoms with Crippen molar-refractivity contribution < 1.29 is 9.53 Å². The molecule has 5 nitrogen and oxygen atoms in total. The highest BCUT2D eigenvalue weighted by Gasteiger charge is 2.07. The molecule has 1 heterocycles. The molecule has 6 heteroatoms. The molecule has 0 aliphatic rings. The summed E-state index contributed by atoms with van der Waals surface area (Å²) in [6.07, 6.45) is 3.32. The second kappa shape index (κ2) is 6.49. The number of halogens is 1. The van der Waals surface area contributed by atoms with Gasteiger partial charge in [-0.15, -0.1) is 0 Å². The molecular weight excluding hydrogens is 310 g/mol. The van der Waals surface area contributed by atoms with E-state index in [2.05, 4.69) is 26.3 Å². The van der Waals surface area contributed by atoms with Crippen LogP contribution >= 0.6 is 15.9 Å². The van der Waals surface area contributed by atoms with Crippen molar-refractivity contribution in [3.63, 3.8) is 0 Å². The maximum absolute atomic E-state index is 12.0. The Labute approximate surface area is 119 Å². The number of benzene rings is 1. The minimum absolute atomic E-state index is 0.169. The van der Waals surface area contributed by atoms with E-state index < -0.39 is 0 Å². The lowest BCUT2D eigenvalue weighted by atomic mass is 10.2. The molecule has 0 saturated heterocycles. The molecule has 0 radical (unpaired) electrons. The lowest BCUT2D eigenvalue weighted by Crippen LogP contribution is -2.11. The Kier molecular flexibility index (Phi) is 4.70. The van der Waals surface area contributed by atoms with Crippen LogP contribution in [0.5, 0.6) is 0 Å². The number of amides is 1. The van der Waals surface area contributed by atoms with Crippen LogP contribution in [0.15, 0.2) is 41.1 Å². The van der Waals surface area contributed by atoms with Gasteiger partial charge in [-0.05, 0) is 25.1 Å². The molecule has 0 unspecified atom stereocenters. The van der Waals surface area contributed by atoms with Crippen LogP contribution in [-0.2, 0) is 11.5 Å². The van der Waals surface area contributed by atoms with E-state index in [-0.39, 0.29) is 5.91 Å². The Morgan fingerprint density at radius 2 is 2.37 bits per heavy atom. The lowest BCUT2D eigenvalue weighted by molar-refractivity contribution is 0.0792. The average molecular weight is 324 g/mol. The third-order valence-corrected chi connectivity index (χ3v) is 2.90. The molecule has 0 saturated carbocycles. The van der Waals surface area contributed by atoms with Crippen LogP contribution in [0.3, 0.4) is 0 Å². The third kappa shape index (κ3) is 3.90. The Hall–Kier alpha value is -1.66. The highest BCUT2D eigenvalue weighted by atomic mass is 79.9. The van der Waals surface area contributed by atoms with Gasteiger partial charge in [0.2, 0.25) is 0 Å². The summed E-state index contributed by atoms with van der Waals surface area (Å²) in [4.78, 5) is 12.0. The summed E-state index contributed by atoms with van der Waals surface area (Å²) in [5.41, 5.74) is 1.23. The number of carbonyl (C=O) groups excluding carboxylic acids is 1. The topological polar surface area (TPSA) is 56.1 Å². The standard InChI is InChI=1S/C13H14BrN3O2/c1-2-19-9-17-8-12(7-15-17)16-13(18)10-4-3-5-11(14)6-10/h3-8H,2,9H2,1H3,(H,16,18). The van der Waals surface area contributed by atoms with Crippen LogP contribution in [-0.4, -0.2) is 22.3 Å². The second-order valence-corrected chi connectivity index (χ2v) is 4.77. The molecule has 0 fully saturated rings. The molecule has 0 aliphatic heterocycles. The summed E-state index contributed by atoms with van der Waals surface area (Å²) in [7, 11) is 0. The molecule has 2 rings (SSSR count). The maximum Gasteiger partial charge on any atom is 0.255 e. The van der Waals surface area contributed by atoms with E-state index in [1.807, 2.05) is 19.1 Å². The van der Waals surface area contributed by atoms with Gasteiger partial charge in [-0.25, -0.2) is 4.68 Å². The molecule has 1 N–H and O–H groups in total. The minimum atomic E-state index is -0.169. The molecule has 1 amide bonds. The fraction of sp³-hybridized carbons (Fsp3) is 0.231. The highest BCUT2D eigenvalue weighted by Crippen LogP contribution is 2.13. The van der Waals surface area contributed by atoms with E-state index in [0.717, 1.165) is 4.47 Å². The third-order valence-electron chi connectivity index (χ3n) is 2.41. The van der Waals surface area contributed by atoms with E-state index in [9.17, 15) is 4.79 Å². The van der Waals surface area contributed by atoms with E-state index in [1.54, 1.807) is 29.2 Å². The monoisotopic (exact) mass is 323 g/mol. The van der Waals surface area contributed by atoms with E-state index in [4.69, 9.17) is 4.74 Å². The van der Waals surface area contributed by atoms with Crippen molar-refractivity contribution in [3.05, 3.63) is 46.7 Å². The Bertz CT molecular complexity index is 569. The predicted molar refractivity (Wildman–Crippen MR) is 75.9 cm³/mol. The van der Waals surface area contributed by atoms with Gasteiger partial charge in [-0.3, -0.25) is 4.79 Å². The SMILES string of the molecule is CCOCn1cc(NC(=O)c2cccc(Br)c2)cn1. The first kappa shape index (κ1) is 13.8. The van der Waals surface area contributed by atoms with Crippen molar-refractivity contribution in [3.8, 4) is 0 Å². The molecule has 19 heavy (non-hydrogen) atoms. The molecule has 1 aromatic heterocycles. The number of nitrogens with zero attached hydrogens (tertiary/aromatic N) is 2. The van der Waals surface area contributed by atoms with Crippen molar-refractivity contribution >= 4 is 27.5 Å². The van der Waals surface area contributed by atoms with Crippen molar-refractivity contribution in [2.45, 2.75) is 13.7 Å². The maximum atomic E-state index is 12.0. The smallest absolute Gasteiger partial charge is 0.255 e. The number of anilines is 1. The molecule has 1 aromatic carbocycles. The van der Waals surface area contributed by atoms with Crippen molar-refractivity contribution in [2.75, 3.05) is 11.9 Å². The van der Waals surface area contributed by atoms with E-state index in [1.165, 1.54) is 0 Å². The van der Waals surface area contributed by atoms with Crippen LogP contribution in [0.1, 0.15) is 17.3 Å². The number of rotatable bonds is 5. The fourth-order valence-corrected chi connectivity index (χ4v) is 1.92. The lowest BCUT2D eigenvalue weighted by Gasteiger charge is -2.03. The van der Waals surface area contributed by atoms with Crippen LogP contribution in [0.2, 0.25) is 0 Å². The zero-order chi connectivity index (χ0) is 13.7. The number of nitrogens with one attached hydrogen (secondary N) is 1. The number of hydrogen-bond donors (Lipinski definition) is 1. The average Bonchev–Trinajstić information content (AvgIpc) is 2.84. The first-order valence-electron chi connectivity index (χ1n) is 5.86. The molecule has 0 bridgehead atoms. The number of ether oxygens (including phenoxy) is 1. The summed E-state index contributed by atoms with van der Waals surface area (Å²) in [5, 5.41) is 6.87. The number of aromatic nitrogens is 2. The van der Waals surface area contributed by atoms with Gasteiger partial charge < -0.3 is 10.1 Å². The number of carbonyl (C=O) groups is 1. The first-order valence-corrected chi connectivity index (χ1v) is 6.65. The second-order valence-electron chi connectivity index (χ2n) is 3.85. The Morgan fingerprint density at radius 3 is 3.11 bits per heavy atom. The summed E-state index contributed by atoms with van der Waals surface area (Å²) < 4.78 is 7.71. The Balaban J connectivity index is 2.00. The van der Waals surface area contributed by atoms with Gasteiger partial charge in [0.25, 0.3) is 5.91 Å². The largest absolute Gasteiger partial charge is 0.360 e. The quantitative estimate of drug-likeness (QED) is 0.920. The van der Waals surface area contributed by atoms with E-state index in [0.29, 0.717) is 24.6 Å². The summed E-state index contributed by atoms with van der Waals surface area (Å²) in [5.74, 6) is -0.169. The predicted octanol–water partition coefficient (Wildman–Crippen LogP) is 2.89. The van der Waals surface area contributed by atoms with Crippen LogP contribution in [0, 0.1) is 0 Å². The molecule has 0 spiro atoms. The first-order chi connectivity index (χ1) is 9.19. The summed E-state index contributed by atoms with van der Waals surface area (Å²) >= 11 is 3.34. The van der Waals surface area contributed by atoms with Crippen LogP contribution in [0.25, 0.3) is 0 Å². The zero-order valence-corrected chi connectivity index (χ0v) is 12.1.